The van der Waals surface area contributed by atoms with Gasteiger partial charge in [-0.05, 0) is 55.7 Å². The van der Waals surface area contributed by atoms with Gasteiger partial charge in [0.05, 0.1) is 7.11 Å². The Hall–Kier alpha value is -1.75. The average Bonchev–Trinajstić information content (AvgIpc) is 3.20. The fourth-order valence-corrected chi connectivity index (χ4v) is 3.91. The summed E-state index contributed by atoms with van der Waals surface area (Å²) in [6.45, 7) is 10.4. The molecule has 5 heteroatoms. The van der Waals surface area contributed by atoms with Gasteiger partial charge in [-0.15, -0.1) is 0 Å². The Kier molecular flexibility index (Phi) is 8.42. The minimum atomic E-state index is 0.102. The van der Waals surface area contributed by atoms with E-state index in [-0.39, 0.29) is 12.0 Å². The lowest BCUT2D eigenvalue weighted by Gasteiger charge is -2.30. The van der Waals surface area contributed by atoms with E-state index < -0.39 is 0 Å². The predicted octanol–water partition coefficient (Wildman–Crippen LogP) is 3.64. The molecule has 1 atom stereocenters. The number of nitrogens with one attached hydrogen (secondary N) is 1. The van der Waals surface area contributed by atoms with Crippen LogP contribution in [0.2, 0.25) is 0 Å². The highest BCUT2D eigenvalue weighted by Gasteiger charge is 2.28. The standard InChI is InChI=1S/C22H37N3O2/c1-5-22(6-2,13-15-26)17-24-21(23-7-3)25-14-12-19(16-25)18-8-10-20(27-4)11-9-18/h8-11,19,26H,5-7,12-17H2,1-4H3,(H,23,24). The quantitative estimate of drug-likeness (QED) is 0.511. The van der Waals surface area contributed by atoms with Gasteiger partial charge in [0.25, 0.3) is 0 Å². The van der Waals surface area contributed by atoms with E-state index in [1.165, 1.54) is 5.56 Å². The lowest BCUT2D eigenvalue weighted by atomic mass is 9.79. The SMILES string of the molecule is CCNC(=NCC(CC)(CC)CCO)N1CCC(c2ccc(OC)cc2)C1. The molecule has 1 aromatic rings. The van der Waals surface area contributed by atoms with Crippen molar-refractivity contribution in [1.29, 1.82) is 0 Å². The molecule has 0 radical (unpaired) electrons. The van der Waals surface area contributed by atoms with Gasteiger partial charge in [0, 0.05) is 38.7 Å². The molecule has 27 heavy (non-hydrogen) atoms. The Balaban J connectivity index is 2.07. The number of aliphatic imine (C=N–C) groups is 1. The number of ether oxygens (including phenoxy) is 1. The molecular formula is C22H37N3O2. The second kappa shape index (κ2) is 10.5. The van der Waals surface area contributed by atoms with Crippen LogP contribution in [0, 0.1) is 5.41 Å². The smallest absolute Gasteiger partial charge is 0.193 e. The largest absolute Gasteiger partial charge is 0.497 e. The van der Waals surface area contributed by atoms with Crippen molar-refractivity contribution >= 4 is 5.96 Å². The number of benzene rings is 1. The van der Waals surface area contributed by atoms with Crippen LogP contribution in [0.3, 0.4) is 0 Å². The number of guanidine groups is 1. The Morgan fingerprint density at radius 3 is 2.52 bits per heavy atom. The maximum Gasteiger partial charge on any atom is 0.193 e. The van der Waals surface area contributed by atoms with E-state index in [0.717, 1.165) is 63.6 Å². The summed E-state index contributed by atoms with van der Waals surface area (Å²) in [7, 11) is 1.70. The van der Waals surface area contributed by atoms with Crippen molar-refractivity contribution in [3.63, 3.8) is 0 Å². The molecule has 5 nitrogen and oxygen atoms in total. The molecule has 0 spiro atoms. The lowest BCUT2D eigenvalue weighted by molar-refractivity contribution is 0.175. The summed E-state index contributed by atoms with van der Waals surface area (Å²) < 4.78 is 5.27. The number of nitrogens with zero attached hydrogens (tertiary/aromatic N) is 2. The molecule has 0 amide bonds. The molecule has 0 saturated carbocycles. The van der Waals surface area contributed by atoms with Crippen molar-refractivity contribution in [2.24, 2.45) is 10.4 Å². The topological polar surface area (TPSA) is 57.1 Å². The van der Waals surface area contributed by atoms with E-state index in [4.69, 9.17) is 9.73 Å². The maximum absolute atomic E-state index is 9.46. The number of hydrogen-bond donors (Lipinski definition) is 2. The van der Waals surface area contributed by atoms with Gasteiger partial charge >= 0.3 is 0 Å². The molecule has 1 saturated heterocycles. The summed E-state index contributed by atoms with van der Waals surface area (Å²) in [6, 6.07) is 8.45. The zero-order valence-corrected chi connectivity index (χ0v) is 17.5. The molecular weight excluding hydrogens is 338 g/mol. The minimum absolute atomic E-state index is 0.102. The Morgan fingerprint density at radius 1 is 1.26 bits per heavy atom. The molecule has 0 aliphatic carbocycles. The molecule has 2 N–H and O–H groups in total. The van der Waals surface area contributed by atoms with Gasteiger partial charge in [0.2, 0.25) is 0 Å². The number of aliphatic hydroxyl groups is 1. The van der Waals surface area contributed by atoms with Crippen LogP contribution in [0.4, 0.5) is 0 Å². The zero-order valence-electron chi connectivity index (χ0n) is 17.5. The second-order valence-electron chi connectivity index (χ2n) is 7.56. The normalized spacial score (nSPS) is 18.0. The first kappa shape index (κ1) is 21.5. The summed E-state index contributed by atoms with van der Waals surface area (Å²) >= 11 is 0. The summed E-state index contributed by atoms with van der Waals surface area (Å²) in [4.78, 5) is 7.37. The van der Waals surface area contributed by atoms with Gasteiger partial charge in [-0.1, -0.05) is 26.0 Å². The molecule has 152 valence electrons. The molecule has 1 aromatic carbocycles. The molecule has 0 aromatic heterocycles. The molecule has 1 heterocycles. The van der Waals surface area contributed by atoms with Crippen LogP contribution >= 0.6 is 0 Å². The van der Waals surface area contributed by atoms with Crippen LogP contribution in [0.25, 0.3) is 0 Å². The van der Waals surface area contributed by atoms with Crippen LogP contribution < -0.4 is 10.1 Å². The van der Waals surface area contributed by atoms with Gasteiger partial charge in [-0.3, -0.25) is 4.99 Å². The zero-order chi connectivity index (χ0) is 19.7. The van der Waals surface area contributed by atoms with E-state index in [2.05, 4.69) is 43.1 Å². The third-order valence-electron chi connectivity index (χ3n) is 6.12. The van der Waals surface area contributed by atoms with Crippen LogP contribution in [0.5, 0.6) is 5.75 Å². The number of hydrogen-bond acceptors (Lipinski definition) is 3. The predicted molar refractivity (Wildman–Crippen MR) is 113 cm³/mol. The molecule has 1 aliphatic heterocycles. The molecule has 1 fully saturated rings. The second-order valence-corrected chi connectivity index (χ2v) is 7.56. The van der Waals surface area contributed by atoms with Gasteiger partial charge in [-0.2, -0.15) is 0 Å². The highest BCUT2D eigenvalue weighted by atomic mass is 16.5. The summed E-state index contributed by atoms with van der Waals surface area (Å²) in [5.41, 5.74) is 1.47. The minimum Gasteiger partial charge on any atom is -0.497 e. The van der Waals surface area contributed by atoms with Crippen molar-refractivity contribution in [3.8, 4) is 5.75 Å². The van der Waals surface area contributed by atoms with Gasteiger partial charge in [0.15, 0.2) is 5.96 Å². The van der Waals surface area contributed by atoms with Crippen LogP contribution in [0.15, 0.2) is 29.3 Å². The first-order chi connectivity index (χ1) is 13.1. The van der Waals surface area contributed by atoms with E-state index in [1.54, 1.807) is 7.11 Å². The number of aliphatic hydroxyl groups excluding tert-OH is 1. The van der Waals surface area contributed by atoms with Crippen molar-refractivity contribution in [2.45, 2.75) is 52.4 Å². The Morgan fingerprint density at radius 2 is 1.96 bits per heavy atom. The van der Waals surface area contributed by atoms with Crippen molar-refractivity contribution in [1.82, 2.24) is 10.2 Å². The first-order valence-electron chi connectivity index (χ1n) is 10.4. The number of rotatable bonds is 9. The monoisotopic (exact) mass is 375 g/mol. The maximum atomic E-state index is 9.46. The number of likely N-dealkylation sites (tertiary alicyclic amines) is 1. The van der Waals surface area contributed by atoms with Gasteiger partial charge in [0.1, 0.15) is 5.75 Å². The third kappa shape index (κ3) is 5.61. The van der Waals surface area contributed by atoms with E-state index in [0.29, 0.717) is 5.92 Å². The summed E-state index contributed by atoms with van der Waals surface area (Å²) in [6.07, 6.45) is 4.04. The summed E-state index contributed by atoms with van der Waals surface area (Å²) in [5.74, 6) is 2.44. The van der Waals surface area contributed by atoms with E-state index in [1.807, 2.05) is 12.1 Å². The van der Waals surface area contributed by atoms with Crippen molar-refractivity contribution < 1.29 is 9.84 Å². The van der Waals surface area contributed by atoms with Crippen molar-refractivity contribution in [2.75, 3.05) is 39.9 Å². The average molecular weight is 376 g/mol. The van der Waals surface area contributed by atoms with Crippen LogP contribution in [-0.4, -0.2) is 55.9 Å². The Labute approximate surface area is 164 Å². The summed E-state index contributed by atoms with van der Waals surface area (Å²) in [5, 5.41) is 12.9. The lowest BCUT2D eigenvalue weighted by Crippen LogP contribution is -2.41. The number of methoxy groups -OCH3 is 1. The molecule has 1 aliphatic rings. The Bertz CT molecular complexity index is 582. The highest BCUT2D eigenvalue weighted by molar-refractivity contribution is 5.80. The van der Waals surface area contributed by atoms with Crippen LogP contribution in [0.1, 0.15) is 57.9 Å². The van der Waals surface area contributed by atoms with Gasteiger partial charge in [-0.25, -0.2) is 0 Å². The third-order valence-corrected chi connectivity index (χ3v) is 6.12. The molecule has 2 rings (SSSR count). The fourth-order valence-electron chi connectivity index (χ4n) is 3.91. The molecule has 0 bridgehead atoms. The molecule has 1 unspecified atom stereocenters. The van der Waals surface area contributed by atoms with E-state index >= 15 is 0 Å². The fraction of sp³-hybridized carbons (Fsp3) is 0.682. The van der Waals surface area contributed by atoms with Gasteiger partial charge < -0.3 is 20.1 Å². The van der Waals surface area contributed by atoms with E-state index in [9.17, 15) is 5.11 Å². The highest BCUT2D eigenvalue weighted by Crippen LogP contribution is 2.32. The first-order valence-corrected chi connectivity index (χ1v) is 10.4. The van der Waals surface area contributed by atoms with Crippen molar-refractivity contribution in [3.05, 3.63) is 29.8 Å². The van der Waals surface area contributed by atoms with Crippen LogP contribution in [-0.2, 0) is 0 Å².